The van der Waals surface area contributed by atoms with Crippen molar-refractivity contribution in [2.75, 3.05) is 13.1 Å². The van der Waals surface area contributed by atoms with Crippen molar-refractivity contribution in [1.82, 2.24) is 5.32 Å². The van der Waals surface area contributed by atoms with Crippen LogP contribution >= 0.6 is 0 Å². The van der Waals surface area contributed by atoms with Crippen molar-refractivity contribution in [3.8, 4) is 0 Å². The molecule has 0 aromatic heterocycles. The lowest BCUT2D eigenvalue weighted by Gasteiger charge is -2.19. The third kappa shape index (κ3) is 2.39. The van der Waals surface area contributed by atoms with E-state index in [2.05, 4.69) is 46.9 Å². The highest BCUT2D eigenvalue weighted by atomic mass is 16.5. The molecule has 2 nitrogen and oxygen atoms in total. The molecule has 17 heavy (non-hydrogen) atoms. The molecule has 2 rings (SSSR count). The molecule has 100 valence electrons. The van der Waals surface area contributed by atoms with Crippen molar-refractivity contribution in [1.29, 1.82) is 0 Å². The minimum atomic E-state index is 0.102. The molecule has 0 aromatic carbocycles. The van der Waals surface area contributed by atoms with Gasteiger partial charge in [0.05, 0.1) is 11.7 Å². The molecule has 1 aliphatic carbocycles. The van der Waals surface area contributed by atoms with Crippen molar-refractivity contribution in [3.05, 3.63) is 0 Å². The van der Waals surface area contributed by atoms with Crippen molar-refractivity contribution in [2.24, 2.45) is 16.7 Å². The fraction of sp³-hybridized carbons (Fsp3) is 1.00. The van der Waals surface area contributed by atoms with Gasteiger partial charge in [0.2, 0.25) is 0 Å². The van der Waals surface area contributed by atoms with Crippen LogP contribution in [-0.2, 0) is 4.74 Å². The summed E-state index contributed by atoms with van der Waals surface area (Å²) in [5.74, 6) is 0.810. The molecule has 0 bridgehead atoms. The molecule has 1 saturated heterocycles. The molecule has 0 spiro atoms. The van der Waals surface area contributed by atoms with E-state index in [1.807, 2.05) is 0 Å². The number of hydrogen-bond donors (Lipinski definition) is 1. The van der Waals surface area contributed by atoms with Crippen LogP contribution in [0.1, 0.15) is 54.4 Å². The number of rotatable bonds is 4. The first kappa shape index (κ1) is 13.4. The van der Waals surface area contributed by atoms with Gasteiger partial charge in [-0.2, -0.15) is 0 Å². The molecule has 1 N–H and O–H groups in total. The Morgan fingerprint density at radius 2 is 1.59 bits per heavy atom. The summed E-state index contributed by atoms with van der Waals surface area (Å²) < 4.78 is 5.99. The highest BCUT2D eigenvalue weighted by molar-refractivity contribution is 5.12. The Hall–Kier alpha value is -0.0800. The second kappa shape index (κ2) is 3.96. The average molecular weight is 239 g/mol. The zero-order valence-electron chi connectivity index (χ0n) is 12.4. The van der Waals surface area contributed by atoms with Crippen molar-refractivity contribution >= 4 is 0 Å². The predicted octanol–water partition coefficient (Wildman–Crippen LogP) is 3.22. The lowest BCUT2D eigenvalue weighted by Crippen LogP contribution is -2.31. The lowest BCUT2D eigenvalue weighted by atomic mass is 10.0. The average Bonchev–Trinajstić information content (AvgIpc) is 2.48. The summed E-state index contributed by atoms with van der Waals surface area (Å²) in [4.78, 5) is 0. The minimum absolute atomic E-state index is 0.102. The lowest BCUT2D eigenvalue weighted by molar-refractivity contribution is -0.0143. The predicted molar refractivity (Wildman–Crippen MR) is 72.1 cm³/mol. The van der Waals surface area contributed by atoms with Crippen LogP contribution in [0.15, 0.2) is 0 Å². The molecule has 1 atom stereocenters. The van der Waals surface area contributed by atoms with Gasteiger partial charge in [-0.05, 0) is 50.0 Å². The van der Waals surface area contributed by atoms with E-state index < -0.39 is 0 Å². The molecular formula is C15H29NO. The fourth-order valence-electron chi connectivity index (χ4n) is 3.45. The molecule has 2 fully saturated rings. The molecule has 2 aliphatic rings. The molecule has 1 aliphatic heterocycles. The SMILES string of the molecule is CC1(C)CCC(CNCC2C(C)(C)C2(C)C)O1. The van der Waals surface area contributed by atoms with Crippen LogP contribution in [0, 0.1) is 16.7 Å². The summed E-state index contributed by atoms with van der Waals surface area (Å²) in [5, 5.41) is 3.61. The topological polar surface area (TPSA) is 21.3 Å². The van der Waals surface area contributed by atoms with Crippen LogP contribution < -0.4 is 5.32 Å². The molecule has 0 aromatic rings. The maximum Gasteiger partial charge on any atom is 0.0707 e. The van der Waals surface area contributed by atoms with Crippen LogP contribution in [0.4, 0.5) is 0 Å². The molecule has 1 unspecified atom stereocenters. The van der Waals surface area contributed by atoms with Gasteiger partial charge in [-0.3, -0.25) is 0 Å². The Bertz CT molecular complexity index is 279. The second-order valence-corrected chi connectivity index (χ2v) is 7.69. The minimum Gasteiger partial charge on any atom is -0.371 e. The largest absolute Gasteiger partial charge is 0.371 e. The smallest absolute Gasteiger partial charge is 0.0707 e. The van der Waals surface area contributed by atoms with Crippen molar-refractivity contribution in [3.63, 3.8) is 0 Å². The zero-order chi connectivity index (χ0) is 12.9. The van der Waals surface area contributed by atoms with E-state index in [9.17, 15) is 0 Å². The van der Waals surface area contributed by atoms with Crippen LogP contribution in [0.2, 0.25) is 0 Å². The molecule has 2 heteroatoms. The third-order valence-electron chi connectivity index (χ3n) is 5.59. The Labute approximate surface area is 107 Å². The number of ether oxygens (including phenoxy) is 1. The highest BCUT2D eigenvalue weighted by Crippen LogP contribution is 2.67. The van der Waals surface area contributed by atoms with Gasteiger partial charge in [0.15, 0.2) is 0 Å². The Balaban J connectivity index is 1.69. The first-order valence-corrected chi connectivity index (χ1v) is 7.05. The van der Waals surface area contributed by atoms with Gasteiger partial charge in [0, 0.05) is 6.54 Å². The summed E-state index contributed by atoms with van der Waals surface area (Å²) in [6.45, 7) is 16.1. The first-order valence-electron chi connectivity index (χ1n) is 7.05. The van der Waals surface area contributed by atoms with Gasteiger partial charge in [0.1, 0.15) is 0 Å². The number of nitrogens with one attached hydrogen (secondary N) is 1. The zero-order valence-corrected chi connectivity index (χ0v) is 12.4. The summed E-state index contributed by atoms with van der Waals surface area (Å²) in [6.07, 6.45) is 2.83. The highest BCUT2D eigenvalue weighted by Gasteiger charge is 2.63. The van der Waals surface area contributed by atoms with Gasteiger partial charge < -0.3 is 10.1 Å². The summed E-state index contributed by atoms with van der Waals surface area (Å²) in [7, 11) is 0. The van der Waals surface area contributed by atoms with Crippen LogP contribution in [0.25, 0.3) is 0 Å². The van der Waals surface area contributed by atoms with E-state index >= 15 is 0 Å². The second-order valence-electron chi connectivity index (χ2n) is 7.69. The van der Waals surface area contributed by atoms with Crippen molar-refractivity contribution in [2.45, 2.75) is 66.1 Å². The maximum atomic E-state index is 5.99. The molecule has 1 heterocycles. The van der Waals surface area contributed by atoms with E-state index in [0.717, 1.165) is 19.0 Å². The number of hydrogen-bond acceptors (Lipinski definition) is 2. The standard InChI is InChI=1S/C15H29NO/c1-13(2)8-7-11(17-13)9-16-10-12-14(3,4)15(12,5)6/h11-12,16H,7-10H2,1-6H3. The Morgan fingerprint density at radius 1 is 1.00 bits per heavy atom. The maximum absolute atomic E-state index is 5.99. The molecule has 1 saturated carbocycles. The van der Waals surface area contributed by atoms with E-state index in [0.29, 0.717) is 16.9 Å². The summed E-state index contributed by atoms with van der Waals surface area (Å²) in [5.41, 5.74) is 1.09. The normalized spacial score (nSPS) is 33.9. The van der Waals surface area contributed by atoms with Gasteiger partial charge in [0.25, 0.3) is 0 Å². The Kier molecular flexibility index (Phi) is 3.11. The van der Waals surface area contributed by atoms with Crippen molar-refractivity contribution < 1.29 is 4.74 Å². The van der Waals surface area contributed by atoms with Crippen LogP contribution in [0.5, 0.6) is 0 Å². The summed E-state index contributed by atoms with van der Waals surface area (Å²) >= 11 is 0. The fourth-order valence-corrected chi connectivity index (χ4v) is 3.45. The molecule has 0 amide bonds. The van der Waals surface area contributed by atoms with Gasteiger partial charge in [-0.1, -0.05) is 27.7 Å². The quantitative estimate of drug-likeness (QED) is 0.813. The van der Waals surface area contributed by atoms with Gasteiger partial charge in [-0.15, -0.1) is 0 Å². The van der Waals surface area contributed by atoms with Gasteiger partial charge >= 0.3 is 0 Å². The third-order valence-corrected chi connectivity index (χ3v) is 5.59. The monoisotopic (exact) mass is 239 g/mol. The van der Waals surface area contributed by atoms with E-state index in [1.165, 1.54) is 12.8 Å². The van der Waals surface area contributed by atoms with Gasteiger partial charge in [-0.25, -0.2) is 0 Å². The Morgan fingerprint density at radius 3 is 2.00 bits per heavy atom. The van der Waals surface area contributed by atoms with Crippen LogP contribution in [-0.4, -0.2) is 24.8 Å². The van der Waals surface area contributed by atoms with Crippen LogP contribution in [0.3, 0.4) is 0 Å². The van der Waals surface area contributed by atoms with E-state index in [-0.39, 0.29) is 5.60 Å². The van der Waals surface area contributed by atoms with E-state index in [4.69, 9.17) is 4.74 Å². The molecule has 0 radical (unpaired) electrons. The first-order chi connectivity index (χ1) is 7.67. The van der Waals surface area contributed by atoms with E-state index in [1.54, 1.807) is 0 Å². The molecular weight excluding hydrogens is 210 g/mol. The summed E-state index contributed by atoms with van der Waals surface area (Å²) in [6, 6.07) is 0.